The Kier molecular flexibility index (Phi) is 4.13. The van der Waals surface area contributed by atoms with Crippen molar-refractivity contribution in [3.63, 3.8) is 0 Å². The molecule has 2 bridgehead atoms. The largest absolute Gasteiger partial charge is 0.353 e. The minimum Gasteiger partial charge on any atom is -0.353 e. The Morgan fingerprint density at radius 2 is 2.12 bits per heavy atom. The molecule has 4 atom stereocenters. The third-order valence-corrected chi connectivity index (χ3v) is 5.85. The van der Waals surface area contributed by atoms with Gasteiger partial charge in [-0.1, -0.05) is 24.6 Å². The Morgan fingerprint density at radius 1 is 1.29 bits per heavy atom. The first-order valence-corrected chi connectivity index (χ1v) is 9.07. The van der Waals surface area contributed by atoms with E-state index in [1.165, 1.54) is 25.7 Å². The lowest BCUT2D eigenvalue weighted by atomic mass is 9.84. The fourth-order valence-corrected chi connectivity index (χ4v) is 4.68. The molecule has 2 saturated carbocycles. The quantitative estimate of drug-likeness (QED) is 0.917. The van der Waals surface area contributed by atoms with Crippen LogP contribution in [-0.4, -0.2) is 21.7 Å². The minimum atomic E-state index is 0.109. The third-order valence-electron chi connectivity index (χ3n) is 5.85. The molecule has 1 N–H and O–H groups in total. The number of amides is 1. The number of carbonyl (C=O) groups excluding carboxylic acids is 1. The summed E-state index contributed by atoms with van der Waals surface area (Å²) in [6.45, 7) is 2.18. The summed E-state index contributed by atoms with van der Waals surface area (Å²) in [7, 11) is 0. The molecule has 0 saturated heterocycles. The summed E-state index contributed by atoms with van der Waals surface area (Å²) in [4.78, 5) is 12.4. The van der Waals surface area contributed by atoms with Crippen LogP contribution in [0.4, 0.5) is 0 Å². The van der Waals surface area contributed by atoms with E-state index in [4.69, 9.17) is 0 Å². The highest BCUT2D eigenvalue weighted by Gasteiger charge is 2.42. The number of nitrogens with one attached hydrogen (secondary N) is 1. The van der Waals surface area contributed by atoms with E-state index in [-0.39, 0.29) is 11.9 Å². The van der Waals surface area contributed by atoms with Gasteiger partial charge < -0.3 is 5.32 Å². The molecule has 1 heterocycles. The van der Waals surface area contributed by atoms with Crippen LogP contribution in [0.5, 0.6) is 0 Å². The first-order valence-electron chi connectivity index (χ1n) is 9.07. The van der Waals surface area contributed by atoms with E-state index in [0.717, 1.165) is 23.1 Å². The predicted molar refractivity (Wildman–Crippen MR) is 93.8 cm³/mol. The van der Waals surface area contributed by atoms with E-state index < -0.39 is 0 Å². The van der Waals surface area contributed by atoms with Crippen molar-refractivity contribution in [1.82, 2.24) is 15.1 Å². The molecule has 1 aromatic carbocycles. The molecule has 0 unspecified atom stereocenters. The zero-order valence-electron chi connectivity index (χ0n) is 14.2. The number of para-hydroxylation sites is 1. The second kappa shape index (κ2) is 6.42. The number of hydrogen-bond donors (Lipinski definition) is 1. The van der Waals surface area contributed by atoms with Crippen molar-refractivity contribution in [2.45, 2.75) is 45.1 Å². The van der Waals surface area contributed by atoms with Crippen LogP contribution >= 0.6 is 0 Å². The molecule has 0 aliphatic heterocycles. The Hall–Kier alpha value is -2.10. The van der Waals surface area contributed by atoms with Crippen molar-refractivity contribution in [2.75, 3.05) is 0 Å². The molecule has 2 aliphatic carbocycles. The SMILES string of the molecule is C[C@H](NC(=O)Cc1cnn(-c2ccccc2)c1)[C@@H]1C[C@H]2CC[C@H]1C2. The van der Waals surface area contributed by atoms with E-state index in [0.29, 0.717) is 12.3 Å². The maximum Gasteiger partial charge on any atom is 0.224 e. The van der Waals surface area contributed by atoms with Crippen LogP contribution in [0.3, 0.4) is 0 Å². The molecular weight excluding hydrogens is 298 g/mol. The van der Waals surface area contributed by atoms with E-state index in [2.05, 4.69) is 17.3 Å². The smallest absolute Gasteiger partial charge is 0.224 e. The van der Waals surface area contributed by atoms with Gasteiger partial charge in [-0.3, -0.25) is 4.79 Å². The molecule has 2 fully saturated rings. The molecule has 4 rings (SSSR count). The summed E-state index contributed by atoms with van der Waals surface area (Å²) in [5.41, 5.74) is 1.97. The standard InChI is InChI=1S/C20H25N3O/c1-14(19-10-15-7-8-17(19)9-15)22-20(24)11-16-12-21-23(13-16)18-5-3-2-4-6-18/h2-6,12-15,17,19H,7-11H2,1H3,(H,22,24)/t14-,15-,17-,19-/m0/s1. The second-order valence-electron chi connectivity index (χ2n) is 7.50. The van der Waals surface area contributed by atoms with Gasteiger partial charge in [0.15, 0.2) is 0 Å². The number of carbonyl (C=O) groups is 1. The van der Waals surface area contributed by atoms with E-state index in [1.54, 1.807) is 6.20 Å². The van der Waals surface area contributed by atoms with Gasteiger partial charge in [0.05, 0.1) is 18.3 Å². The summed E-state index contributed by atoms with van der Waals surface area (Å²) >= 11 is 0. The molecule has 1 aromatic heterocycles. The molecule has 2 aromatic rings. The maximum absolute atomic E-state index is 12.4. The topological polar surface area (TPSA) is 46.9 Å². The van der Waals surface area contributed by atoms with E-state index in [1.807, 2.05) is 41.2 Å². The fourth-order valence-electron chi connectivity index (χ4n) is 4.68. The van der Waals surface area contributed by atoms with Crippen molar-refractivity contribution in [2.24, 2.45) is 17.8 Å². The summed E-state index contributed by atoms with van der Waals surface area (Å²) in [6.07, 6.45) is 9.58. The lowest BCUT2D eigenvalue weighted by Crippen LogP contribution is -2.40. The molecule has 24 heavy (non-hydrogen) atoms. The Balaban J connectivity index is 1.34. The zero-order chi connectivity index (χ0) is 16.5. The van der Waals surface area contributed by atoms with Crippen molar-refractivity contribution < 1.29 is 4.79 Å². The molecule has 2 aliphatic rings. The van der Waals surface area contributed by atoms with E-state index in [9.17, 15) is 4.79 Å². The molecule has 1 amide bonds. The molecule has 0 spiro atoms. The van der Waals surface area contributed by atoms with Crippen molar-refractivity contribution in [3.8, 4) is 5.69 Å². The number of rotatable bonds is 5. The van der Waals surface area contributed by atoms with E-state index >= 15 is 0 Å². The fraction of sp³-hybridized carbons (Fsp3) is 0.500. The van der Waals surface area contributed by atoms with Crippen LogP contribution in [0.2, 0.25) is 0 Å². The summed E-state index contributed by atoms with van der Waals surface area (Å²) in [5, 5.41) is 7.59. The van der Waals surface area contributed by atoms with Gasteiger partial charge in [0.25, 0.3) is 0 Å². The van der Waals surface area contributed by atoms with Crippen LogP contribution in [0, 0.1) is 17.8 Å². The average molecular weight is 323 g/mol. The first kappa shape index (κ1) is 15.4. The summed E-state index contributed by atoms with van der Waals surface area (Å²) < 4.78 is 1.82. The average Bonchev–Trinajstić information content (AvgIpc) is 3.32. The highest BCUT2D eigenvalue weighted by atomic mass is 16.1. The molecule has 126 valence electrons. The normalized spacial score (nSPS) is 26.5. The molecule has 4 nitrogen and oxygen atoms in total. The third kappa shape index (κ3) is 3.10. The Bertz CT molecular complexity index is 709. The van der Waals surface area contributed by atoms with Crippen LogP contribution < -0.4 is 5.32 Å². The highest BCUT2D eigenvalue weighted by molar-refractivity contribution is 5.78. The predicted octanol–water partition coefficient (Wildman–Crippen LogP) is 3.36. The maximum atomic E-state index is 12.4. The Morgan fingerprint density at radius 3 is 2.83 bits per heavy atom. The van der Waals surface area contributed by atoms with Gasteiger partial charge >= 0.3 is 0 Å². The van der Waals surface area contributed by atoms with Crippen LogP contribution in [0.15, 0.2) is 42.7 Å². The van der Waals surface area contributed by atoms with Crippen LogP contribution in [0.1, 0.15) is 38.2 Å². The van der Waals surface area contributed by atoms with Crippen LogP contribution in [0.25, 0.3) is 5.69 Å². The minimum absolute atomic E-state index is 0.109. The van der Waals surface area contributed by atoms with Gasteiger partial charge in [-0.05, 0) is 61.6 Å². The number of benzene rings is 1. The van der Waals surface area contributed by atoms with Crippen LogP contribution in [-0.2, 0) is 11.2 Å². The van der Waals surface area contributed by atoms with Gasteiger partial charge in [0.1, 0.15) is 0 Å². The lowest BCUT2D eigenvalue weighted by Gasteiger charge is -2.28. The van der Waals surface area contributed by atoms with Gasteiger partial charge in [-0.15, -0.1) is 0 Å². The highest BCUT2D eigenvalue weighted by Crippen LogP contribution is 2.49. The van der Waals surface area contributed by atoms with Crippen molar-refractivity contribution >= 4 is 5.91 Å². The number of aromatic nitrogens is 2. The molecule has 0 radical (unpaired) electrons. The van der Waals surface area contributed by atoms with Gasteiger partial charge in [-0.25, -0.2) is 4.68 Å². The number of hydrogen-bond acceptors (Lipinski definition) is 2. The van der Waals surface area contributed by atoms with Crippen molar-refractivity contribution in [1.29, 1.82) is 0 Å². The van der Waals surface area contributed by atoms with Gasteiger partial charge in [0.2, 0.25) is 5.91 Å². The van der Waals surface area contributed by atoms with Gasteiger partial charge in [-0.2, -0.15) is 5.10 Å². The van der Waals surface area contributed by atoms with Crippen molar-refractivity contribution in [3.05, 3.63) is 48.3 Å². The number of fused-ring (bicyclic) bond motifs is 2. The Labute approximate surface area is 143 Å². The zero-order valence-corrected chi connectivity index (χ0v) is 14.2. The molecule has 4 heteroatoms. The molecular formula is C20H25N3O. The first-order chi connectivity index (χ1) is 11.7. The summed E-state index contributed by atoms with van der Waals surface area (Å²) in [5.74, 6) is 2.55. The lowest BCUT2D eigenvalue weighted by molar-refractivity contribution is -0.121. The van der Waals surface area contributed by atoms with Gasteiger partial charge in [0, 0.05) is 12.2 Å². The second-order valence-corrected chi connectivity index (χ2v) is 7.50. The number of nitrogens with zero attached hydrogens (tertiary/aromatic N) is 2. The monoisotopic (exact) mass is 323 g/mol. The summed E-state index contributed by atoms with van der Waals surface area (Å²) in [6, 6.07) is 10.3.